The van der Waals surface area contributed by atoms with Crippen molar-refractivity contribution in [2.75, 3.05) is 26.7 Å². The summed E-state index contributed by atoms with van der Waals surface area (Å²) in [5, 5.41) is 0. The number of aromatic nitrogens is 1. The molecule has 130 valence electrons. The van der Waals surface area contributed by atoms with Gasteiger partial charge in [-0.3, -0.25) is 9.69 Å². The zero-order valence-corrected chi connectivity index (χ0v) is 14.6. The van der Waals surface area contributed by atoms with E-state index in [4.69, 9.17) is 4.74 Å². The number of methoxy groups -OCH3 is 1. The molecule has 25 heavy (non-hydrogen) atoms. The Kier molecular flexibility index (Phi) is 4.45. The molecular weight excluding hydrogens is 312 g/mol. The van der Waals surface area contributed by atoms with Crippen molar-refractivity contribution in [2.45, 2.75) is 18.9 Å². The van der Waals surface area contributed by atoms with Gasteiger partial charge in [0, 0.05) is 49.4 Å². The fraction of sp³-hybridized carbons (Fsp3) is 0.381. The molecule has 4 nitrogen and oxygen atoms in total. The van der Waals surface area contributed by atoms with Crippen molar-refractivity contribution in [2.24, 2.45) is 5.92 Å². The van der Waals surface area contributed by atoms with Crippen LogP contribution in [0.25, 0.3) is 6.08 Å². The molecule has 2 aromatic rings. The van der Waals surface area contributed by atoms with Crippen LogP contribution in [0.1, 0.15) is 23.6 Å². The summed E-state index contributed by atoms with van der Waals surface area (Å²) in [6, 6.07) is 13.8. The summed E-state index contributed by atoms with van der Waals surface area (Å²) in [5.41, 5.74) is 2.47. The molecular formula is C21H24N2O2. The predicted molar refractivity (Wildman–Crippen MR) is 100 cm³/mol. The van der Waals surface area contributed by atoms with Crippen LogP contribution in [0.3, 0.4) is 0 Å². The number of benzene rings is 1. The Bertz CT molecular complexity index is 840. The molecule has 2 bridgehead atoms. The van der Waals surface area contributed by atoms with Gasteiger partial charge in [0.1, 0.15) is 5.75 Å². The quantitative estimate of drug-likeness (QED) is 0.861. The van der Waals surface area contributed by atoms with Crippen LogP contribution in [0, 0.1) is 5.92 Å². The van der Waals surface area contributed by atoms with E-state index in [2.05, 4.69) is 29.2 Å². The van der Waals surface area contributed by atoms with Crippen LogP contribution in [0.15, 0.2) is 53.3 Å². The van der Waals surface area contributed by atoms with E-state index in [9.17, 15) is 4.79 Å². The third-order valence-electron chi connectivity index (χ3n) is 5.36. The summed E-state index contributed by atoms with van der Waals surface area (Å²) in [4.78, 5) is 14.6. The van der Waals surface area contributed by atoms with Gasteiger partial charge in [0.05, 0.1) is 7.11 Å². The average Bonchev–Trinajstić information content (AvgIpc) is 2.63. The Balaban J connectivity index is 1.46. The van der Waals surface area contributed by atoms with Gasteiger partial charge in [0.2, 0.25) is 0 Å². The molecule has 1 saturated heterocycles. The Morgan fingerprint density at radius 2 is 2.00 bits per heavy atom. The zero-order chi connectivity index (χ0) is 17.2. The second-order valence-corrected chi connectivity index (χ2v) is 7.06. The first-order valence-electron chi connectivity index (χ1n) is 8.96. The second-order valence-electron chi connectivity index (χ2n) is 7.06. The van der Waals surface area contributed by atoms with E-state index >= 15 is 0 Å². The van der Waals surface area contributed by atoms with Crippen molar-refractivity contribution in [1.82, 2.24) is 9.47 Å². The number of para-hydroxylation sites is 1. The summed E-state index contributed by atoms with van der Waals surface area (Å²) in [6.45, 7) is 3.88. The van der Waals surface area contributed by atoms with E-state index in [1.54, 1.807) is 13.2 Å². The lowest BCUT2D eigenvalue weighted by Gasteiger charge is -2.42. The number of hydrogen-bond donors (Lipinski definition) is 0. The summed E-state index contributed by atoms with van der Waals surface area (Å²) in [5.74, 6) is 1.95. The molecule has 4 heteroatoms. The third kappa shape index (κ3) is 3.27. The van der Waals surface area contributed by atoms with E-state index in [0.29, 0.717) is 11.8 Å². The molecule has 1 aromatic heterocycles. The van der Waals surface area contributed by atoms with Crippen molar-refractivity contribution in [3.05, 3.63) is 70.2 Å². The van der Waals surface area contributed by atoms with Crippen LogP contribution in [0.5, 0.6) is 5.75 Å². The fourth-order valence-electron chi connectivity index (χ4n) is 4.28. The SMILES string of the molecule is COc1ccccc1/C=C/CN1CC2CC(C1)c1cccc(=O)n1C2. The first-order chi connectivity index (χ1) is 12.2. The molecule has 0 aliphatic carbocycles. The summed E-state index contributed by atoms with van der Waals surface area (Å²) in [7, 11) is 1.71. The zero-order valence-electron chi connectivity index (χ0n) is 14.6. The van der Waals surface area contributed by atoms with Crippen LogP contribution in [-0.4, -0.2) is 36.2 Å². The Morgan fingerprint density at radius 1 is 1.12 bits per heavy atom. The van der Waals surface area contributed by atoms with Crippen LogP contribution in [-0.2, 0) is 6.54 Å². The molecule has 0 spiro atoms. The molecule has 0 saturated carbocycles. The fourth-order valence-corrected chi connectivity index (χ4v) is 4.28. The molecule has 2 atom stereocenters. The summed E-state index contributed by atoms with van der Waals surface area (Å²) < 4.78 is 7.39. The largest absolute Gasteiger partial charge is 0.496 e. The van der Waals surface area contributed by atoms with Gasteiger partial charge < -0.3 is 9.30 Å². The number of hydrogen-bond acceptors (Lipinski definition) is 3. The Hall–Kier alpha value is -2.33. The molecule has 1 fully saturated rings. The normalized spacial score (nSPS) is 22.8. The first-order valence-corrected chi connectivity index (χ1v) is 8.96. The molecule has 0 amide bonds. The Morgan fingerprint density at radius 3 is 2.88 bits per heavy atom. The highest BCUT2D eigenvalue weighted by Crippen LogP contribution is 2.34. The minimum atomic E-state index is 0.150. The summed E-state index contributed by atoms with van der Waals surface area (Å²) in [6.07, 6.45) is 5.56. The van der Waals surface area contributed by atoms with Crippen molar-refractivity contribution in [3.63, 3.8) is 0 Å². The van der Waals surface area contributed by atoms with E-state index in [-0.39, 0.29) is 5.56 Å². The van der Waals surface area contributed by atoms with Gasteiger partial charge in [0.25, 0.3) is 5.56 Å². The first kappa shape index (κ1) is 16.2. The van der Waals surface area contributed by atoms with E-state index in [1.165, 1.54) is 12.1 Å². The van der Waals surface area contributed by atoms with Gasteiger partial charge >= 0.3 is 0 Å². The Labute approximate surface area is 148 Å². The minimum Gasteiger partial charge on any atom is -0.496 e. The van der Waals surface area contributed by atoms with E-state index in [0.717, 1.165) is 37.5 Å². The maximum atomic E-state index is 12.1. The van der Waals surface area contributed by atoms with E-state index < -0.39 is 0 Å². The third-order valence-corrected chi connectivity index (χ3v) is 5.36. The summed E-state index contributed by atoms with van der Waals surface area (Å²) >= 11 is 0. The van der Waals surface area contributed by atoms with Crippen molar-refractivity contribution in [1.29, 1.82) is 0 Å². The van der Waals surface area contributed by atoms with Crippen LogP contribution in [0.2, 0.25) is 0 Å². The number of likely N-dealkylation sites (tertiary alicyclic amines) is 1. The molecule has 4 rings (SSSR count). The monoisotopic (exact) mass is 336 g/mol. The molecule has 0 N–H and O–H groups in total. The number of piperidine rings is 1. The molecule has 0 radical (unpaired) electrons. The maximum absolute atomic E-state index is 12.1. The van der Waals surface area contributed by atoms with Crippen LogP contribution in [0.4, 0.5) is 0 Å². The number of rotatable bonds is 4. The molecule has 2 unspecified atom stereocenters. The highest BCUT2D eigenvalue weighted by Gasteiger charge is 2.33. The maximum Gasteiger partial charge on any atom is 0.250 e. The molecule has 2 aliphatic heterocycles. The van der Waals surface area contributed by atoms with Crippen molar-refractivity contribution >= 4 is 6.08 Å². The van der Waals surface area contributed by atoms with Gasteiger partial charge in [-0.05, 0) is 24.5 Å². The van der Waals surface area contributed by atoms with E-state index in [1.807, 2.05) is 28.8 Å². The highest BCUT2D eigenvalue weighted by atomic mass is 16.5. The van der Waals surface area contributed by atoms with Gasteiger partial charge in [-0.15, -0.1) is 0 Å². The van der Waals surface area contributed by atoms with Crippen LogP contribution >= 0.6 is 0 Å². The minimum absolute atomic E-state index is 0.150. The van der Waals surface area contributed by atoms with Gasteiger partial charge in [-0.2, -0.15) is 0 Å². The number of ether oxygens (including phenoxy) is 1. The number of fused-ring (bicyclic) bond motifs is 4. The van der Waals surface area contributed by atoms with Crippen molar-refractivity contribution in [3.8, 4) is 5.75 Å². The lowest BCUT2D eigenvalue weighted by molar-refractivity contribution is 0.131. The van der Waals surface area contributed by atoms with Crippen LogP contribution < -0.4 is 10.3 Å². The van der Waals surface area contributed by atoms with Crippen molar-refractivity contribution < 1.29 is 4.74 Å². The van der Waals surface area contributed by atoms with Gasteiger partial charge in [0.15, 0.2) is 0 Å². The molecule has 1 aromatic carbocycles. The highest BCUT2D eigenvalue weighted by molar-refractivity contribution is 5.57. The number of pyridine rings is 1. The second kappa shape index (κ2) is 6.89. The number of nitrogens with zero attached hydrogens (tertiary/aromatic N) is 2. The predicted octanol–water partition coefficient (Wildman–Crippen LogP) is 2.99. The van der Waals surface area contributed by atoms with Gasteiger partial charge in [-0.25, -0.2) is 0 Å². The topological polar surface area (TPSA) is 34.5 Å². The average molecular weight is 336 g/mol. The lowest BCUT2D eigenvalue weighted by Crippen LogP contribution is -2.46. The van der Waals surface area contributed by atoms with Gasteiger partial charge in [-0.1, -0.05) is 36.4 Å². The standard InChI is InChI=1S/C21H24N2O2/c1-25-20-9-3-2-6-17(20)7-5-11-22-13-16-12-18(15-22)19-8-4-10-21(24)23(19)14-16/h2-10,16,18H,11-15H2,1H3/b7-5+. The molecule has 2 aliphatic rings. The lowest BCUT2D eigenvalue weighted by atomic mass is 9.83. The smallest absolute Gasteiger partial charge is 0.250 e. The molecule has 3 heterocycles.